The normalized spacial score (nSPS) is 11.0. The zero-order valence-electron chi connectivity index (χ0n) is 12.2. The summed E-state index contributed by atoms with van der Waals surface area (Å²) in [4.78, 5) is 14.1. The van der Waals surface area contributed by atoms with Crippen LogP contribution in [0.2, 0.25) is 0 Å². The molecule has 8 heteroatoms. The summed E-state index contributed by atoms with van der Waals surface area (Å²) in [6.45, 7) is 2.38. The molecule has 0 spiro atoms. The lowest BCUT2D eigenvalue weighted by Gasteiger charge is -2.10. The van der Waals surface area contributed by atoms with Gasteiger partial charge in [0.25, 0.3) is 15.9 Å². The number of carbonyl (C=O) groups is 1. The van der Waals surface area contributed by atoms with Gasteiger partial charge in [-0.05, 0) is 59.3 Å². The third kappa shape index (κ3) is 4.54. The van der Waals surface area contributed by atoms with Gasteiger partial charge in [-0.15, -0.1) is 4.83 Å². The maximum Gasteiger partial charge on any atom is 0.266 e. The lowest BCUT2D eigenvalue weighted by molar-refractivity contribution is 0.0945. The second-order valence-electron chi connectivity index (χ2n) is 4.45. The number of halogens is 1. The lowest BCUT2D eigenvalue weighted by Crippen LogP contribution is -2.41. The molecule has 0 aliphatic carbocycles. The summed E-state index contributed by atoms with van der Waals surface area (Å²) in [6.07, 6.45) is 0. The first-order chi connectivity index (χ1) is 10.9. The fraction of sp³-hybridized carbons (Fsp3) is 0.133. The molecule has 0 saturated heterocycles. The highest BCUT2D eigenvalue weighted by Gasteiger charge is 2.18. The maximum absolute atomic E-state index is 12.2. The molecule has 0 aromatic heterocycles. The van der Waals surface area contributed by atoms with Gasteiger partial charge in [0.2, 0.25) is 0 Å². The highest BCUT2D eigenvalue weighted by Crippen LogP contribution is 2.20. The number of hydrogen-bond acceptors (Lipinski definition) is 4. The summed E-state index contributed by atoms with van der Waals surface area (Å²) in [5.41, 5.74) is 2.49. The predicted molar refractivity (Wildman–Crippen MR) is 89.5 cm³/mol. The van der Waals surface area contributed by atoms with E-state index in [9.17, 15) is 13.2 Å². The van der Waals surface area contributed by atoms with Gasteiger partial charge in [-0.25, -0.2) is 8.42 Å². The Bertz CT molecular complexity index is 791. The maximum atomic E-state index is 12.2. The molecule has 0 aliphatic rings. The minimum atomic E-state index is -3.86. The Morgan fingerprint density at radius 1 is 1.13 bits per heavy atom. The van der Waals surface area contributed by atoms with E-state index in [0.717, 1.165) is 0 Å². The SMILES string of the molecule is CCOc1ccc(C(=O)NNS(=O)(=O)c2ccccc2Br)cc1. The van der Waals surface area contributed by atoms with Crippen molar-refractivity contribution in [2.45, 2.75) is 11.8 Å². The molecule has 1 amide bonds. The molecule has 2 aromatic rings. The van der Waals surface area contributed by atoms with E-state index in [2.05, 4.69) is 26.2 Å². The molecule has 0 atom stereocenters. The predicted octanol–water partition coefficient (Wildman–Crippen LogP) is 2.47. The standard InChI is InChI=1S/C15H15BrN2O4S/c1-2-22-12-9-7-11(8-10-12)15(19)17-18-23(20,21)14-6-4-3-5-13(14)16/h3-10,18H,2H2,1H3,(H,17,19). The second-order valence-corrected chi connectivity index (χ2v) is 6.95. The number of benzene rings is 2. The van der Waals surface area contributed by atoms with Crippen molar-refractivity contribution < 1.29 is 17.9 Å². The number of carbonyl (C=O) groups excluding carboxylic acids is 1. The largest absolute Gasteiger partial charge is 0.494 e. The van der Waals surface area contributed by atoms with E-state index < -0.39 is 15.9 Å². The quantitative estimate of drug-likeness (QED) is 0.731. The highest BCUT2D eigenvalue weighted by molar-refractivity contribution is 9.10. The van der Waals surface area contributed by atoms with Crippen LogP contribution in [0.25, 0.3) is 0 Å². The first-order valence-corrected chi connectivity index (χ1v) is 9.01. The van der Waals surface area contributed by atoms with Crippen molar-refractivity contribution in [3.05, 3.63) is 58.6 Å². The fourth-order valence-corrected chi connectivity index (χ4v) is 3.62. The molecule has 0 saturated carbocycles. The van der Waals surface area contributed by atoms with Gasteiger partial charge in [0, 0.05) is 10.0 Å². The Labute approximate surface area is 143 Å². The van der Waals surface area contributed by atoms with Crippen LogP contribution in [-0.4, -0.2) is 20.9 Å². The molecule has 0 heterocycles. The van der Waals surface area contributed by atoms with Crippen molar-refractivity contribution in [1.29, 1.82) is 0 Å². The molecule has 0 unspecified atom stereocenters. The molecule has 2 aromatic carbocycles. The van der Waals surface area contributed by atoms with Crippen molar-refractivity contribution in [3.8, 4) is 5.75 Å². The molecule has 0 bridgehead atoms. The minimum absolute atomic E-state index is 0.0343. The van der Waals surface area contributed by atoms with Crippen molar-refractivity contribution >= 4 is 31.9 Å². The van der Waals surface area contributed by atoms with E-state index in [1.807, 2.05) is 6.92 Å². The summed E-state index contributed by atoms with van der Waals surface area (Å²) < 4.78 is 30.0. The Morgan fingerprint density at radius 2 is 1.78 bits per heavy atom. The summed E-state index contributed by atoms with van der Waals surface area (Å²) in [5.74, 6) is 0.0709. The Hall–Kier alpha value is -1.90. The van der Waals surface area contributed by atoms with Gasteiger partial charge in [-0.2, -0.15) is 0 Å². The van der Waals surface area contributed by atoms with Gasteiger partial charge in [0.05, 0.1) is 11.5 Å². The van der Waals surface area contributed by atoms with Crippen LogP contribution in [-0.2, 0) is 10.0 Å². The average molecular weight is 399 g/mol. The number of rotatable bonds is 6. The molecular weight excluding hydrogens is 384 g/mol. The molecule has 6 nitrogen and oxygen atoms in total. The van der Waals surface area contributed by atoms with Crippen LogP contribution in [0, 0.1) is 0 Å². The van der Waals surface area contributed by atoms with Crippen LogP contribution >= 0.6 is 15.9 Å². The van der Waals surface area contributed by atoms with Crippen molar-refractivity contribution in [3.63, 3.8) is 0 Å². The van der Waals surface area contributed by atoms with E-state index in [1.54, 1.807) is 42.5 Å². The van der Waals surface area contributed by atoms with E-state index in [-0.39, 0.29) is 4.90 Å². The fourth-order valence-electron chi connectivity index (χ4n) is 1.77. The summed E-state index contributed by atoms with van der Waals surface area (Å²) in [6, 6.07) is 12.7. The molecule has 2 N–H and O–H groups in total. The molecule has 0 aliphatic heterocycles. The topological polar surface area (TPSA) is 84.5 Å². The smallest absolute Gasteiger partial charge is 0.266 e. The number of ether oxygens (including phenoxy) is 1. The molecular formula is C15H15BrN2O4S. The van der Waals surface area contributed by atoms with E-state index in [4.69, 9.17) is 4.74 Å². The summed E-state index contributed by atoms with van der Waals surface area (Å²) in [7, 11) is -3.86. The van der Waals surface area contributed by atoms with Gasteiger partial charge in [0.1, 0.15) is 5.75 Å². The number of amides is 1. The minimum Gasteiger partial charge on any atom is -0.494 e. The monoisotopic (exact) mass is 398 g/mol. The van der Waals surface area contributed by atoms with Crippen LogP contribution < -0.4 is 15.0 Å². The first-order valence-electron chi connectivity index (χ1n) is 6.73. The van der Waals surface area contributed by atoms with E-state index >= 15 is 0 Å². The van der Waals surface area contributed by atoms with Gasteiger partial charge in [0.15, 0.2) is 0 Å². The van der Waals surface area contributed by atoms with Crippen LogP contribution in [0.3, 0.4) is 0 Å². The van der Waals surface area contributed by atoms with Crippen LogP contribution in [0.15, 0.2) is 57.9 Å². The number of hydrazine groups is 1. The average Bonchev–Trinajstić information content (AvgIpc) is 2.54. The zero-order valence-corrected chi connectivity index (χ0v) is 14.6. The number of nitrogens with one attached hydrogen (secondary N) is 2. The molecule has 0 fully saturated rings. The third-order valence-corrected chi connectivity index (χ3v) is 5.11. The van der Waals surface area contributed by atoms with Gasteiger partial charge in [-0.1, -0.05) is 12.1 Å². The Balaban J connectivity index is 2.05. The second kappa shape index (κ2) is 7.58. The highest BCUT2D eigenvalue weighted by atomic mass is 79.9. The van der Waals surface area contributed by atoms with Crippen molar-refractivity contribution in [2.24, 2.45) is 0 Å². The van der Waals surface area contributed by atoms with E-state index in [1.165, 1.54) is 6.07 Å². The van der Waals surface area contributed by atoms with Gasteiger partial charge >= 0.3 is 0 Å². The molecule has 2 rings (SSSR count). The summed E-state index contributed by atoms with van der Waals surface area (Å²) in [5, 5.41) is 0. The molecule has 23 heavy (non-hydrogen) atoms. The zero-order chi connectivity index (χ0) is 16.9. The van der Waals surface area contributed by atoms with Crippen LogP contribution in [0.5, 0.6) is 5.75 Å². The number of sulfonamides is 1. The first kappa shape index (κ1) is 17.5. The van der Waals surface area contributed by atoms with Gasteiger partial charge < -0.3 is 4.74 Å². The van der Waals surface area contributed by atoms with Crippen LogP contribution in [0.4, 0.5) is 0 Å². The molecule has 122 valence electrons. The van der Waals surface area contributed by atoms with Crippen molar-refractivity contribution in [2.75, 3.05) is 6.61 Å². The Kier molecular flexibility index (Phi) is 5.75. The van der Waals surface area contributed by atoms with Crippen molar-refractivity contribution in [1.82, 2.24) is 10.3 Å². The molecule has 0 radical (unpaired) electrons. The summed E-state index contributed by atoms with van der Waals surface area (Å²) >= 11 is 3.16. The number of hydrogen-bond donors (Lipinski definition) is 2. The van der Waals surface area contributed by atoms with Crippen LogP contribution in [0.1, 0.15) is 17.3 Å². The van der Waals surface area contributed by atoms with Gasteiger partial charge in [-0.3, -0.25) is 10.2 Å². The van der Waals surface area contributed by atoms with E-state index in [0.29, 0.717) is 22.4 Å². The lowest BCUT2D eigenvalue weighted by atomic mass is 10.2. The third-order valence-electron chi connectivity index (χ3n) is 2.85. The Morgan fingerprint density at radius 3 is 2.39 bits per heavy atom.